The van der Waals surface area contributed by atoms with Gasteiger partial charge in [-0.05, 0) is 0 Å². The maximum atomic E-state index is 10.7. The van der Waals surface area contributed by atoms with Crippen LogP contribution in [-0.2, 0) is 4.57 Å². The summed E-state index contributed by atoms with van der Waals surface area (Å²) in [4.78, 5) is 10.7. The van der Waals surface area contributed by atoms with Crippen LogP contribution in [0.15, 0.2) is 30.3 Å². The Kier molecular flexibility index (Phi) is 2.41. The van der Waals surface area contributed by atoms with Gasteiger partial charge in [0.25, 0.3) is 0 Å². The lowest BCUT2D eigenvalue weighted by molar-refractivity contribution is 0.108. The lowest BCUT2D eigenvalue weighted by Gasteiger charge is -1.89. The number of rotatable bonds is 2. The lowest BCUT2D eigenvalue weighted by Crippen LogP contribution is -1.85. The van der Waals surface area contributed by atoms with Crippen molar-refractivity contribution in [2.75, 3.05) is 0 Å². The van der Waals surface area contributed by atoms with Gasteiger partial charge in [-0.2, -0.15) is 0 Å². The highest BCUT2D eigenvalue weighted by molar-refractivity contribution is 7.47. The molecule has 0 aromatic heterocycles. The van der Waals surface area contributed by atoms with Gasteiger partial charge in [0.05, 0.1) is 0 Å². The summed E-state index contributed by atoms with van der Waals surface area (Å²) < 4.78 is 10.2. The summed E-state index contributed by atoms with van der Waals surface area (Å²) in [6.07, 6.45) is 0. The van der Waals surface area contributed by atoms with Gasteiger partial charge < -0.3 is 4.57 Å². The van der Waals surface area contributed by atoms with Crippen LogP contribution in [0.5, 0.6) is 0 Å². The molecule has 0 aliphatic carbocycles. The van der Waals surface area contributed by atoms with E-state index in [0.29, 0.717) is 5.56 Å². The molecule has 0 bridgehead atoms. The molecule has 10 heavy (non-hydrogen) atoms. The van der Waals surface area contributed by atoms with Crippen molar-refractivity contribution in [1.29, 1.82) is 0 Å². The molecule has 2 nitrogen and oxygen atoms in total. The standard InChI is InChI=1S/C7H7O2P/c8-7(10-9)6-4-2-1-3-5-6/h1-5H,10H2. The Bertz CT molecular complexity index is 243. The van der Waals surface area contributed by atoms with Crippen molar-refractivity contribution in [2.45, 2.75) is 0 Å². The van der Waals surface area contributed by atoms with E-state index >= 15 is 0 Å². The molecule has 0 N–H and O–H groups in total. The summed E-state index contributed by atoms with van der Waals surface area (Å²) in [7, 11) is -1.31. The molecule has 0 aliphatic rings. The molecule has 0 saturated heterocycles. The van der Waals surface area contributed by atoms with Gasteiger partial charge in [-0.15, -0.1) is 0 Å². The molecule has 0 spiro atoms. The van der Waals surface area contributed by atoms with E-state index in [9.17, 15) is 9.36 Å². The minimum Gasteiger partial charge on any atom is -0.322 e. The van der Waals surface area contributed by atoms with Crippen molar-refractivity contribution in [2.24, 2.45) is 0 Å². The Labute approximate surface area is 60.1 Å². The Hall–Kier alpha value is -0.880. The van der Waals surface area contributed by atoms with Crippen molar-refractivity contribution in [1.82, 2.24) is 0 Å². The highest BCUT2D eigenvalue weighted by Crippen LogP contribution is 2.07. The van der Waals surface area contributed by atoms with Gasteiger partial charge in [-0.3, -0.25) is 4.79 Å². The third-order valence-corrected chi connectivity index (χ3v) is 1.71. The molecule has 52 valence electrons. The molecule has 1 aromatic rings. The molecule has 0 heterocycles. The number of benzene rings is 1. The minimum absolute atomic E-state index is 0.263. The topological polar surface area (TPSA) is 34.1 Å². The molecule has 1 unspecified atom stereocenters. The van der Waals surface area contributed by atoms with E-state index in [0.717, 1.165) is 0 Å². The Morgan fingerprint density at radius 3 is 2.30 bits per heavy atom. The zero-order valence-corrected chi connectivity index (χ0v) is 6.44. The summed E-state index contributed by atoms with van der Waals surface area (Å²) in [5.74, 6) is 0. The van der Waals surface area contributed by atoms with E-state index in [4.69, 9.17) is 0 Å². The molecule has 1 rings (SSSR count). The molecular formula is C7H7O2P. The molecular weight excluding hydrogens is 147 g/mol. The summed E-state index contributed by atoms with van der Waals surface area (Å²) in [6, 6.07) is 8.64. The maximum absolute atomic E-state index is 10.7. The van der Waals surface area contributed by atoms with Crippen LogP contribution in [0.4, 0.5) is 0 Å². The fourth-order valence-electron chi connectivity index (χ4n) is 0.670. The summed E-state index contributed by atoms with van der Waals surface area (Å²) in [5, 5.41) is 0. The van der Waals surface area contributed by atoms with Crippen LogP contribution in [0.2, 0.25) is 0 Å². The van der Waals surface area contributed by atoms with E-state index < -0.39 is 8.46 Å². The highest BCUT2D eigenvalue weighted by Gasteiger charge is 1.98. The van der Waals surface area contributed by atoms with Gasteiger partial charge in [-0.1, -0.05) is 30.3 Å². The summed E-state index contributed by atoms with van der Waals surface area (Å²) in [5.41, 5.74) is 0.271. The normalized spacial score (nSPS) is 10.4. The number of carbonyl (C=O) groups excluding carboxylic acids is 1. The Morgan fingerprint density at radius 1 is 1.20 bits per heavy atom. The molecule has 1 aromatic carbocycles. The Morgan fingerprint density at radius 2 is 1.80 bits per heavy atom. The van der Waals surface area contributed by atoms with Crippen molar-refractivity contribution in [3.63, 3.8) is 0 Å². The van der Waals surface area contributed by atoms with Gasteiger partial charge in [0, 0.05) is 5.56 Å². The van der Waals surface area contributed by atoms with Gasteiger partial charge in [0.1, 0.15) is 8.46 Å². The molecule has 0 fully saturated rings. The van der Waals surface area contributed by atoms with Gasteiger partial charge >= 0.3 is 0 Å². The average Bonchev–Trinajstić information content (AvgIpc) is 2.05. The molecule has 0 radical (unpaired) electrons. The minimum atomic E-state index is -1.31. The molecule has 0 saturated carbocycles. The molecule has 0 amide bonds. The highest BCUT2D eigenvalue weighted by atomic mass is 31.1. The maximum Gasteiger partial charge on any atom is 0.215 e. The van der Waals surface area contributed by atoms with Crippen molar-refractivity contribution in [3.8, 4) is 0 Å². The predicted octanol–water partition coefficient (Wildman–Crippen LogP) is 1.58. The monoisotopic (exact) mass is 154 g/mol. The van der Waals surface area contributed by atoms with E-state index in [-0.39, 0.29) is 5.52 Å². The largest absolute Gasteiger partial charge is 0.322 e. The number of carbonyl (C=O) groups is 1. The van der Waals surface area contributed by atoms with Gasteiger partial charge in [0.15, 0.2) is 0 Å². The first kappa shape index (κ1) is 7.23. The van der Waals surface area contributed by atoms with E-state index in [2.05, 4.69) is 0 Å². The second-order valence-corrected chi connectivity index (χ2v) is 2.61. The van der Waals surface area contributed by atoms with Crippen LogP contribution < -0.4 is 0 Å². The van der Waals surface area contributed by atoms with E-state index in [1.165, 1.54) is 0 Å². The lowest BCUT2D eigenvalue weighted by atomic mass is 10.2. The van der Waals surface area contributed by atoms with Crippen LogP contribution in [0, 0.1) is 0 Å². The fourth-order valence-corrected chi connectivity index (χ4v) is 0.999. The smallest absolute Gasteiger partial charge is 0.215 e. The SMILES string of the molecule is O=[PH2]C(=O)c1ccccc1. The van der Waals surface area contributed by atoms with Crippen LogP contribution in [0.1, 0.15) is 10.4 Å². The first-order valence-electron chi connectivity index (χ1n) is 2.89. The molecule has 3 heteroatoms. The van der Waals surface area contributed by atoms with Crippen molar-refractivity contribution in [3.05, 3.63) is 35.9 Å². The first-order chi connectivity index (χ1) is 4.84. The van der Waals surface area contributed by atoms with Crippen molar-refractivity contribution < 1.29 is 9.36 Å². The summed E-state index contributed by atoms with van der Waals surface area (Å²) >= 11 is 0. The fraction of sp³-hybridized carbons (Fsp3) is 0. The number of hydrogen-bond donors (Lipinski definition) is 0. The third-order valence-electron chi connectivity index (χ3n) is 1.17. The zero-order valence-electron chi connectivity index (χ0n) is 5.28. The van der Waals surface area contributed by atoms with Crippen molar-refractivity contribution >= 4 is 14.0 Å². The van der Waals surface area contributed by atoms with Crippen LogP contribution in [-0.4, -0.2) is 5.52 Å². The first-order valence-corrected chi connectivity index (χ1v) is 3.94. The quantitative estimate of drug-likeness (QED) is 0.606. The predicted molar refractivity (Wildman–Crippen MR) is 41.2 cm³/mol. The van der Waals surface area contributed by atoms with Gasteiger partial charge in [-0.25, -0.2) is 0 Å². The van der Waals surface area contributed by atoms with Gasteiger partial charge in [0.2, 0.25) is 5.52 Å². The van der Waals surface area contributed by atoms with Crippen LogP contribution in [0.25, 0.3) is 0 Å². The zero-order chi connectivity index (χ0) is 7.40. The Balaban J connectivity index is 2.95. The average molecular weight is 154 g/mol. The number of hydrogen-bond acceptors (Lipinski definition) is 2. The second kappa shape index (κ2) is 3.33. The van der Waals surface area contributed by atoms with Crippen LogP contribution >= 0.6 is 8.46 Å². The second-order valence-electron chi connectivity index (χ2n) is 1.85. The summed E-state index contributed by atoms with van der Waals surface area (Å²) in [6.45, 7) is 0. The van der Waals surface area contributed by atoms with Crippen LogP contribution in [0.3, 0.4) is 0 Å². The molecule has 0 aliphatic heterocycles. The van der Waals surface area contributed by atoms with E-state index in [1.807, 2.05) is 6.07 Å². The molecule has 1 atom stereocenters. The third kappa shape index (κ3) is 1.55. The van der Waals surface area contributed by atoms with E-state index in [1.54, 1.807) is 24.3 Å².